The molecule has 28 heavy (non-hydrogen) atoms. The highest BCUT2D eigenvalue weighted by atomic mass is 32.2. The Bertz CT molecular complexity index is 923. The molecule has 0 saturated heterocycles. The summed E-state index contributed by atoms with van der Waals surface area (Å²) in [5, 5.41) is 2.92. The van der Waals surface area contributed by atoms with Crippen LogP contribution in [0.4, 0.5) is 0 Å². The Balaban J connectivity index is 1.58. The summed E-state index contributed by atoms with van der Waals surface area (Å²) in [7, 11) is -3.59. The number of rotatable bonds is 7. The fourth-order valence-electron chi connectivity index (χ4n) is 2.83. The Labute approximate surface area is 167 Å². The van der Waals surface area contributed by atoms with E-state index in [1.54, 1.807) is 36.4 Å². The van der Waals surface area contributed by atoms with Gasteiger partial charge < -0.3 is 5.32 Å². The minimum Gasteiger partial charge on any atom is -0.352 e. The number of nitrogens with one attached hydrogen (secondary N) is 2. The molecular formula is C22H28N2O3S. The maximum Gasteiger partial charge on any atom is 0.251 e. The van der Waals surface area contributed by atoms with Crippen LogP contribution in [-0.2, 0) is 22.0 Å². The number of carbonyl (C=O) groups is 1. The first kappa shape index (κ1) is 20.6. The molecule has 1 aliphatic carbocycles. The highest BCUT2D eigenvalue weighted by Crippen LogP contribution is 2.27. The number of sulfonamides is 1. The zero-order valence-electron chi connectivity index (χ0n) is 16.7. The normalized spacial score (nSPS) is 14.7. The van der Waals surface area contributed by atoms with Gasteiger partial charge in [0.25, 0.3) is 5.91 Å². The van der Waals surface area contributed by atoms with Gasteiger partial charge in [0, 0.05) is 18.7 Å². The topological polar surface area (TPSA) is 75.3 Å². The van der Waals surface area contributed by atoms with Crippen LogP contribution in [0.15, 0.2) is 53.4 Å². The second kappa shape index (κ2) is 8.05. The summed E-state index contributed by atoms with van der Waals surface area (Å²) in [5.41, 5.74) is 2.45. The molecule has 0 bridgehead atoms. The Kier molecular flexibility index (Phi) is 5.91. The fraction of sp³-hybridized carbons (Fsp3) is 0.409. The van der Waals surface area contributed by atoms with E-state index in [0.29, 0.717) is 11.5 Å². The molecule has 0 atom stereocenters. The molecule has 1 saturated carbocycles. The number of hydrogen-bond donors (Lipinski definition) is 2. The van der Waals surface area contributed by atoms with Crippen molar-refractivity contribution >= 4 is 15.9 Å². The molecule has 2 aromatic rings. The molecule has 3 rings (SSSR count). The lowest BCUT2D eigenvalue weighted by molar-refractivity contribution is 0.0952. The highest BCUT2D eigenvalue weighted by Gasteiger charge is 2.22. The van der Waals surface area contributed by atoms with E-state index in [-0.39, 0.29) is 22.8 Å². The van der Waals surface area contributed by atoms with Crippen LogP contribution < -0.4 is 10.0 Å². The van der Waals surface area contributed by atoms with Crippen molar-refractivity contribution in [2.24, 2.45) is 5.92 Å². The number of amides is 1. The van der Waals surface area contributed by atoms with Gasteiger partial charge in [-0.25, -0.2) is 13.1 Å². The van der Waals surface area contributed by atoms with Crippen molar-refractivity contribution in [3.05, 3.63) is 65.2 Å². The molecule has 0 heterocycles. The van der Waals surface area contributed by atoms with Gasteiger partial charge in [0.05, 0.1) is 4.90 Å². The maximum absolute atomic E-state index is 12.5. The van der Waals surface area contributed by atoms with E-state index in [2.05, 4.69) is 30.8 Å². The molecule has 0 spiro atoms. The summed E-state index contributed by atoms with van der Waals surface area (Å²) in [6.45, 7) is 7.17. The number of carbonyl (C=O) groups excluding carboxylic acids is 1. The summed E-state index contributed by atoms with van der Waals surface area (Å²) in [6.07, 6.45) is 2.39. The quantitative estimate of drug-likeness (QED) is 0.746. The van der Waals surface area contributed by atoms with Crippen LogP contribution in [-0.4, -0.2) is 20.9 Å². The van der Waals surface area contributed by atoms with Crippen LogP contribution in [0.3, 0.4) is 0 Å². The third kappa shape index (κ3) is 5.42. The molecule has 1 aliphatic rings. The van der Waals surface area contributed by atoms with Gasteiger partial charge >= 0.3 is 0 Å². The SMILES string of the molecule is CC(C)(C)c1ccc(S(=O)(=O)NCc2ccc(C(=O)NCC3CC3)cc2)cc1. The van der Waals surface area contributed by atoms with Gasteiger partial charge in [-0.3, -0.25) is 4.79 Å². The highest BCUT2D eigenvalue weighted by molar-refractivity contribution is 7.89. The Hall–Kier alpha value is -2.18. The fourth-order valence-corrected chi connectivity index (χ4v) is 3.85. The lowest BCUT2D eigenvalue weighted by Gasteiger charge is -2.19. The number of hydrogen-bond acceptors (Lipinski definition) is 3. The van der Waals surface area contributed by atoms with Gasteiger partial charge in [0.1, 0.15) is 0 Å². The molecule has 0 aromatic heterocycles. The summed E-state index contributed by atoms with van der Waals surface area (Å²) in [5.74, 6) is 0.549. The second-order valence-corrected chi connectivity index (χ2v) is 10.2. The van der Waals surface area contributed by atoms with E-state index in [0.717, 1.165) is 17.7 Å². The molecule has 0 radical (unpaired) electrons. The van der Waals surface area contributed by atoms with Crippen LogP contribution >= 0.6 is 0 Å². The van der Waals surface area contributed by atoms with Crippen LogP contribution in [0.2, 0.25) is 0 Å². The van der Waals surface area contributed by atoms with Gasteiger partial charge in [0.15, 0.2) is 0 Å². The average molecular weight is 401 g/mol. The predicted octanol–water partition coefficient (Wildman–Crippen LogP) is 3.60. The van der Waals surface area contributed by atoms with Crippen LogP contribution in [0.1, 0.15) is 55.1 Å². The predicted molar refractivity (Wildman–Crippen MR) is 111 cm³/mol. The van der Waals surface area contributed by atoms with Crippen molar-refractivity contribution in [3.8, 4) is 0 Å². The van der Waals surface area contributed by atoms with E-state index >= 15 is 0 Å². The Morgan fingerprint density at radius 2 is 1.61 bits per heavy atom. The summed E-state index contributed by atoms with van der Waals surface area (Å²) < 4.78 is 27.7. The number of benzene rings is 2. The lowest BCUT2D eigenvalue weighted by Crippen LogP contribution is -2.25. The van der Waals surface area contributed by atoms with Gasteiger partial charge in [-0.15, -0.1) is 0 Å². The molecule has 2 N–H and O–H groups in total. The van der Waals surface area contributed by atoms with Crippen molar-refractivity contribution in [2.75, 3.05) is 6.54 Å². The van der Waals surface area contributed by atoms with Crippen LogP contribution in [0, 0.1) is 5.92 Å². The van der Waals surface area contributed by atoms with E-state index in [4.69, 9.17) is 0 Å². The molecule has 0 aliphatic heterocycles. The largest absolute Gasteiger partial charge is 0.352 e. The zero-order chi connectivity index (χ0) is 20.4. The Morgan fingerprint density at radius 1 is 1.00 bits per heavy atom. The van der Waals surface area contributed by atoms with Gasteiger partial charge in [0.2, 0.25) is 10.0 Å². The standard InChI is InChI=1S/C22H28N2O3S/c1-22(2,3)19-10-12-20(13-11-19)28(26,27)24-15-17-6-8-18(9-7-17)21(25)23-14-16-4-5-16/h6-13,16,24H,4-5,14-15H2,1-3H3,(H,23,25). The molecular weight excluding hydrogens is 372 g/mol. The van der Waals surface area contributed by atoms with Crippen LogP contribution in [0.5, 0.6) is 0 Å². The van der Waals surface area contributed by atoms with E-state index in [1.807, 2.05) is 12.1 Å². The molecule has 1 amide bonds. The van der Waals surface area contributed by atoms with E-state index in [1.165, 1.54) is 12.8 Å². The molecule has 5 nitrogen and oxygen atoms in total. The molecule has 2 aromatic carbocycles. The van der Waals surface area contributed by atoms with E-state index < -0.39 is 10.0 Å². The molecule has 0 unspecified atom stereocenters. The summed E-state index contributed by atoms with van der Waals surface area (Å²) >= 11 is 0. The molecule has 1 fully saturated rings. The minimum absolute atomic E-state index is 0.0254. The first-order chi connectivity index (χ1) is 13.1. The average Bonchev–Trinajstić information content (AvgIpc) is 3.49. The Morgan fingerprint density at radius 3 is 2.14 bits per heavy atom. The van der Waals surface area contributed by atoms with Crippen molar-refractivity contribution < 1.29 is 13.2 Å². The van der Waals surface area contributed by atoms with Gasteiger partial charge in [-0.2, -0.15) is 0 Å². The van der Waals surface area contributed by atoms with Crippen molar-refractivity contribution in [1.82, 2.24) is 10.0 Å². The van der Waals surface area contributed by atoms with Crippen molar-refractivity contribution in [3.63, 3.8) is 0 Å². The third-order valence-electron chi connectivity index (χ3n) is 4.96. The second-order valence-electron chi connectivity index (χ2n) is 8.45. The van der Waals surface area contributed by atoms with Gasteiger partial charge in [-0.05, 0) is 59.6 Å². The minimum atomic E-state index is -3.59. The van der Waals surface area contributed by atoms with Crippen LogP contribution in [0.25, 0.3) is 0 Å². The summed E-state index contributed by atoms with van der Waals surface area (Å²) in [4.78, 5) is 12.3. The third-order valence-corrected chi connectivity index (χ3v) is 6.38. The smallest absolute Gasteiger partial charge is 0.251 e. The summed E-state index contributed by atoms with van der Waals surface area (Å²) in [6, 6.07) is 14.0. The molecule has 150 valence electrons. The monoisotopic (exact) mass is 400 g/mol. The van der Waals surface area contributed by atoms with E-state index in [9.17, 15) is 13.2 Å². The zero-order valence-corrected chi connectivity index (χ0v) is 17.5. The first-order valence-corrected chi connectivity index (χ1v) is 11.1. The first-order valence-electron chi connectivity index (χ1n) is 9.62. The van der Waals surface area contributed by atoms with Gasteiger partial charge in [-0.1, -0.05) is 45.0 Å². The maximum atomic E-state index is 12.5. The van der Waals surface area contributed by atoms with Crippen molar-refractivity contribution in [2.45, 2.75) is 50.5 Å². The lowest BCUT2D eigenvalue weighted by atomic mass is 9.87. The molecule has 6 heteroatoms. The van der Waals surface area contributed by atoms with Crippen molar-refractivity contribution in [1.29, 1.82) is 0 Å².